The second kappa shape index (κ2) is 2.71. The highest BCUT2D eigenvalue weighted by Gasteiger charge is 1.96. The lowest BCUT2D eigenvalue weighted by molar-refractivity contribution is 1.09. The number of pyridine rings is 1. The van der Waals surface area contributed by atoms with Crippen LogP contribution in [0, 0.1) is 6.92 Å². The summed E-state index contributed by atoms with van der Waals surface area (Å²) >= 11 is 7.45. The van der Waals surface area contributed by atoms with Crippen LogP contribution in [0.2, 0.25) is 0 Å². The molecule has 0 atom stereocenters. The fourth-order valence-electron chi connectivity index (χ4n) is 0.526. The molecule has 3 heteroatoms. The Morgan fingerprint density at radius 1 is 1.67 bits per heavy atom. The van der Waals surface area contributed by atoms with E-state index in [1.165, 1.54) is 0 Å². The molecule has 0 aromatic carbocycles. The maximum Gasteiger partial charge on any atom is 0.107 e. The highest BCUT2D eigenvalue weighted by Crippen LogP contribution is 2.20. The molecule has 1 aromatic rings. The highest BCUT2D eigenvalue weighted by molar-refractivity contribution is 9.10. The molecule has 1 nitrogen and oxygen atoms in total. The van der Waals surface area contributed by atoms with Crippen LogP contribution in [0.4, 0.5) is 0 Å². The van der Waals surface area contributed by atoms with Crippen molar-refractivity contribution in [3.05, 3.63) is 22.3 Å². The Morgan fingerprint density at radius 3 is 2.78 bits per heavy atom. The number of nitrogens with zero attached hydrogens (tertiary/aromatic N) is 1. The first kappa shape index (κ1) is 7.09. The predicted molar refractivity (Wildman–Crippen MR) is 43.9 cm³/mol. The van der Waals surface area contributed by atoms with Crippen LogP contribution in [0.25, 0.3) is 0 Å². The minimum absolute atomic E-state index is 0.745. The molecule has 9 heavy (non-hydrogen) atoms. The van der Waals surface area contributed by atoms with Gasteiger partial charge in [0, 0.05) is 6.20 Å². The van der Waals surface area contributed by atoms with Crippen LogP contribution in [-0.4, -0.2) is 4.98 Å². The van der Waals surface area contributed by atoms with Crippen molar-refractivity contribution in [3.8, 4) is 0 Å². The van der Waals surface area contributed by atoms with E-state index in [9.17, 15) is 0 Å². The standard InChI is InChI=1S/C6H6BrNS/c1-4-2-3-8-6(9)5(4)7/h2-3H,1H3,(H,8,9). The lowest BCUT2D eigenvalue weighted by atomic mass is 10.3. The van der Waals surface area contributed by atoms with Crippen molar-refractivity contribution in [3.63, 3.8) is 0 Å². The Morgan fingerprint density at radius 2 is 2.33 bits per heavy atom. The Labute approximate surface area is 68.0 Å². The van der Waals surface area contributed by atoms with Gasteiger partial charge in [0.2, 0.25) is 0 Å². The first-order valence-corrected chi connectivity index (χ1v) is 3.76. The van der Waals surface area contributed by atoms with Crippen molar-refractivity contribution in [2.75, 3.05) is 0 Å². The van der Waals surface area contributed by atoms with E-state index >= 15 is 0 Å². The van der Waals surface area contributed by atoms with Gasteiger partial charge in [-0.15, -0.1) is 12.6 Å². The van der Waals surface area contributed by atoms with Crippen LogP contribution in [-0.2, 0) is 0 Å². The summed E-state index contributed by atoms with van der Waals surface area (Å²) in [4.78, 5) is 3.96. The molecule has 0 aliphatic rings. The zero-order valence-corrected chi connectivity index (χ0v) is 7.41. The summed E-state index contributed by atoms with van der Waals surface area (Å²) < 4.78 is 0.980. The maximum absolute atomic E-state index is 4.11. The van der Waals surface area contributed by atoms with E-state index in [2.05, 4.69) is 33.5 Å². The number of thiol groups is 1. The number of rotatable bonds is 0. The van der Waals surface area contributed by atoms with Crippen molar-refractivity contribution in [1.29, 1.82) is 0 Å². The predicted octanol–water partition coefficient (Wildman–Crippen LogP) is 2.44. The highest BCUT2D eigenvalue weighted by atomic mass is 79.9. The molecule has 0 unspecified atom stereocenters. The Hall–Kier alpha value is -0.0200. The Kier molecular flexibility index (Phi) is 2.13. The van der Waals surface area contributed by atoms with Gasteiger partial charge in [0.25, 0.3) is 0 Å². The third-order valence-electron chi connectivity index (χ3n) is 1.06. The molecular weight excluding hydrogens is 198 g/mol. The van der Waals surface area contributed by atoms with E-state index in [0.717, 1.165) is 15.1 Å². The molecule has 0 spiro atoms. The van der Waals surface area contributed by atoms with Gasteiger partial charge in [-0.3, -0.25) is 0 Å². The molecule has 48 valence electrons. The van der Waals surface area contributed by atoms with Crippen molar-refractivity contribution in [2.24, 2.45) is 0 Å². The third-order valence-corrected chi connectivity index (χ3v) is 2.71. The number of halogens is 1. The smallest absolute Gasteiger partial charge is 0.107 e. The van der Waals surface area contributed by atoms with Crippen LogP contribution in [0.3, 0.4) is 0 Å². The van der Waals surface area contributed by atoms with Gasteiger partial charge < -0.3 is 0 Å². The van der Waals surface area contributed by atoms with Crippen molar-refractivity contribution >= 4 is 28.6 Å². The first-order valence-electron chi connectivity index (χ1n) is 2.52. The molecule has 0 amide bonds. The van der Waals surface area contributed by atoms with Crippen molar-refractivity contribution in [1.82, 2.24) is 4.98 Å². The van der Waals surface area contributed by atoms with Gasteiger partial charge in [-0.25, -0.2) is 4.98 Å². The van der Waals surface area contributed by atoms with Crippen LogP contribution < -0.4 is 0 Å². The zero-order chi connectivity index (χ0) is 6.85. The van der Waals surface area contributed by atoms with Gasteiger partial charge in [0.05, 0.1) is 4.47 Å². The first-order chi connectivity index (χ1) is 4.22. The van der Waals surface area contributed by atoms with E-state index in [-0.39, 0.29) is 0 Å². The largest absolute Gasteiger partial charge is 0.249 e. The molecule has 0 aliphatic heterocycles. The Bertz CT molecular complexity index is 204. The minimum Gasteiger partial charge on any atom is -0.249 e. The normalized spacial score (nSPS) is 9.67. The molecule has 1 heterocycles. The summed E-state index contributed by atoms with van der Waals surface area (Å²) in [5, 5.41) is 0.745. The molecule has 0 saturated carbocycles. The van der Waals surface area contributed by atoms with Crippen molar-refractivity contribution < 1.29 is 0 Å². The average molecular weight is 204 g/mol. The van der Waals surface area contributed by atoms with Crippen LogP contribution in [0.15, 0.2) is 21.8 Å². The summed E-state index contributed by atoms with van der Waals surface area (Å²) in [6, 6.07) is 1.93. The lowest BCUT2D eigenvalue weighted by Crippen LogP contribution is -1.80. The average Bonchev–Trinajstić information content (AvgIpc) is 1.83. The second-order valence-electron chi connectivity index (χ2n) is 1.77. The van der Waals surface area contributed by atoms with E-state index in [0.29, 0.717) is 0 Å². The van der Waals surface area contributed by atoms with E-state index in [1.54, 1.807) is 6.20 Å². The van der Waals surface area contributed by atoms with Gasteiger partial charge in [-0.1, -0.05) is 0 Å². The summed E-state index contributed by atoms with van der Waals surface area (Å²) in [5.74, 6) is 0. The summed E-state index contributed by atoms with van der Waals surface area (Å²) in [6.45, 7) is 2.01. The van der Waals surface area contributed by atoms with E-state index < -0.39 is 0 Å². The molecule has 0 aliphatic carbocycles. The summed E-state index contributed by atoms with van der Waals surface area (Å²) in [7, 11) is 0. The summed E-state index contributed by atoms with van der Waals surface area (Å²) in [5.41, 5.74) is 1.16. The minimum atomic E-state index is 0.745. The van der Waals surface area contributed by atoms with E-state index in [4.69, 9.17) is 0 Å². The Balaban J connectivity index is 3.25. The van der Waals surface area contributed by atoms with Gasteiger partial charge in [-0.05, 0) is 34.5 Å². The fraction of sp³-hybridized carbons (Fsp3) is 0.167. The second-order valence-corrected chi connectivity index (χ2v) is 2.98. The van der Waals surface area contributed by atoms with Crippen molar-refractivity contribution in [2.45, 2.75) is 11.9 Å². The quantitative estimate of drug-likeness (QED) is 0.640. The summed E-state index contributed by atoms with van der Waals surface area (Å²) in [6.07, 6.45) is 1.74. The van der Waals surface area contributed by atoms with Gasteiger partial charge in [0.1, 0.15) is 5.03 Å². The number of hydrogen-bond donors (Lipinski definition) is 1. The number of aromatic nitrogens is 1. The topological polar surface area (TPSA) is 12.9 Å². The molecule has 0 radical (unpaired) electrons. The van der Waals surface area contributed by atoms with Gasteiger partial charge in [-0.2, -0.15) is 0 Å². The zero-order valence-electron chi connectivity index (χ0n) is 4.93. The van der Waals surface area contributed by atoms with Gasteiger partial charge in [0.15, 0.2) is 0 Å². The molecule has 1 rings (SSSR count). The lowest BCUT2D eigenvalue weighted by Gasteiger charge is -1.96. The molecule has 0 saturated heterocycles. The van der Waals surface area contributed by atoms with E-state index in [1.807, 2.05) is 13.0 Å². The molecular formula is C6H6BrNS. The monoisotopic (exact) mass is 203 g/mol. The number of hydrogen-bond acceptors (Lipinski definition) is 2. The van der Waals surface area contributed by atoms with Crippen LogP contribution in [0.5, 0.6) is 0 Å². The molecule has 0 N–H and O–H groups in total. The van der Waals surface area contributed by atoms with Crippen LogP contribution >= 0.6 is 28.6 Å². The SMILES string of the molecule is Cc1ccnc(S)c1Br. The third kappa shape index (κ3) is 1.46. The van der Waals surface area contributed by atoms with Gasteiger partial charge >= 0.3 is 0 Å². The molecule has 0 fully saturated rings. The molecule has 0 bridgehead atoms. The fourth-order valence-corrected chi connectivity index (χ4v) is 1.00. The maximum atomic E-state index is 4.11. The molecule has 1 aromatic heterocycles. The number of aryl methyl sites for hydroxylation is 1. The van der Waals surface area contributed by atoms with Crippen LogP contribution in [0.1, 0.15) is 5.56 Å².